The summed E-state index contributed by atoms with van der Waals surface area (Å²) in [7, 11) is 4.34. The van der Waals surface area contributed by atoms with Crippen molar-refractivity contribution in [2.24, 2.45) is 0 Å². The van der Waals surface area contributed by atoms with Crippen molar-refractivity contribution in [1.29, 1.82) is 0 Å². The molecule has 0 heterocycles. The van der Waals surface area contributed by atoms with Crippen LogP contribution in [0.25, 0.3) is 21.5 Å². The van der Waals surface area contributed by atoms with Crippen LogP contribution in [0.2, 0.25) is 0 Å². The Bertz CT molecular complexity index is 1360. The van der Waals surface area contributed by atoms with Crippen LogP contribution in [0, 0.1) is 6.92 Å². The lowest BCUT2D eigenvalue weighted by atomic mass is 9.95. The molecule has 0 bridgehead atoms. The predicted octanol–water partition coefficient (Wildman–Crippen LogP) is 7.84. The van der Waals surface area contributed by atoms with Gasteiger partial charge < -0.3 is 9.80 Å². The van der Waals surface area contributed by atoms with E-state index in [9.17, 15) is 0 Å². The molecule has 0 aliphatic carbocycles. The van der Waals surface area contributed by atoms with Gasteiger partial charge in [-0.25, -0.2) is 0 Å². The van der Waals surface area contributed by atoms with Crippen molar-refractivity contribution < 1.29 is 0 Å². The molecule has 0 aliphatic heterocycles. The van der Waals surface area contributed by atoms with Crippen molar-refractivity contribution in [3.8, 4) is 0 Å². The Balaban J connectivity index is 1.92. The molecule has 0 N–H and O–H groups in total. The first-order valence-corrected chi connectivity index (χ1v) is 10.7. The summed E-state index contributed by atoms with van der Waals surface area (Å²) < 4.78 is 0. The SMILES string of the molecule is Cc1ccc2c(c1)c(N(C)c1ccccc1)c(N(C)c1ccccc1)c1ccccc12. The highest BCUT2D eigenvalue weighted by molar-refractivity contribution is 6.21. The molecule has 0 spiro atoms. The number of aryl methyl sites for hydroxylation is 1. The first kappa shape index (κ1) is 19.2. The number of fused-ring (bicyclic) bond motifs is 3. The van der Waals surface area contributed by atoms with E-state index in [0.29, 0.717) is 0 Å². The summed E-state index contributed by atoms with van der Waals surface area (Å²) >= 11 is 0. The monoisotopic (exact) mass is 402 g/mol. The van der Waals surface area contributed by atoms with Gasteiger partial charge in [0.25, 0.3) is 0 Å². The molecule has 0 fully saturated rings. The van der Waals surface area contributed by atoms with Gasteiger partial charge in [0.1, 0.15) is 0 Å². The standard InChI is InChI=1S/C29H26N2/c1-21-18-19-25-24-16-10-11-17-26(24)28(30(2)22-12-6-4-7-13-22)29(27(25)20-21)31(3)23-14-8-5-9-15-23/h4-20H,1-3H3. The minimum Gasteiger partial charge on any atom is -0.342 e. The second-order valence-electron chi connectivity index (χ2n) is 8.08. The summed E-state index contributed by atoms with van der Waals surface area (Å²) in [6.45, 7) is 2.17. The molecular formula is C29H26N2. The number of hydrogen-bond donors (Lipinski definition) is 0. The number of nitrogens with zero attached hydrogens (tertiary/aromatic N) is 2. The summed E-state index contributed by atoms with van der Waals surface area (Å²) in [5.74, 6) is 0. The summed E-state index contributed by atoms with van der Waals surface area (Å²) in [5, 5.41) is 5.08. The van der Waals surface area contributed by atoms with Crippen LogP contribution in [-0.2, 0) is 0 Å². The molecular weight excluding hydrogens is 376 g/mol. The Morgan fingerprint density at radius 1 is 0.452 bits per heavy atom. The zero-order chi connectivity index (χ0) is 21.4. The Labute approximate surface area is 184 Å². The maximum Gasteiger partial charge on any atom is 0.0735 e. The normalized spacial score (nSPS) is 11.1. The molecule has 0 radical (unpaired) electrons. The largest absolute Gasteiger partial charge is 0.342 e. The van der Waals surface area contributed by atoms with Crippen molar-refractivity contribution in [2.75, 3.05) is 23.9 Å². The molecule has 152 valence electrons. The highest BCUT2D eigenvalue weighted by Crippen LogP contribution is 2.47. The molecule has 0 aliphatic rings. The molecule has 5 aromatic carbocycles. The van der Waals surface area contributed by atoms with Gasteiger partial charge in [-0.15, -0.1) is 0 Å². The van der Waals surface area contributed by atoms with E-state index < -0.39 is 0 Å². The van der Waals surface area contributed by atoms with E-state index in [1.54, 1.807) is 0 Å². The molecule has 0 saturated carbocycles. The van der Waals surface area contributed by atoms with Gasteiger partial charge in [0, 0.05) is 36.2 Å². The Morgan fingerprint density at radius 3 is 1.48 bits per heavy atom. The van der Waals surface area contributed by atoms with E-state index in [2.05, 4.69) is 134 Å². The van der Waals surface area contributed by atoms with Gasteiger partial charge in [-0.3, -0.25) is 0 Å². The fourth-order valence-electron chi connectivity index (χ4n) is 4.51. The Kier molecular flexibility index (Phi) is 4.83. The van der Waals surface area contributed by atoms with Gasteiger partial charge in [0.2, 0.25) is 0 Å². The highest BCUT2D eigenvalue weighted by atomic mass is 15.2. The minimum absolute atomic E-state index is 1.17. The third-order valence-corrected chi connectivity index (χ3v) is 6.08. The van der Waals surface area contributed by atoms with E-state index >= 15 is 0 Å². The molecule has 2 heteroatoms. The van der Waals surface area contributed by atoms with Crippen molar-refractivity contribution in [3.05, 3.63) is 109 Å². The topological polar surface area (TPSA) is 6.48 Å². The van der Waals surface area contributed by atoms with Crippen molar-refractivity contribution in [2.45, 2.75) is 6.92 Å². The zero-order valence-electron chi connectivity index (χ0n) is 18.2. The lowest BCUT2D eigenvalue weighted by molar-refractivity contribution is 1.17. The Morgan fingerprint density at radius 2 is 0.903 bits per heavy atom. The highest BCUT2D eigenvalue weighted by Gasteiger charge is 2.21. The molecule has 0 unspecified atom stereocenters. The van der Waals surface area contributed by atoms with E-state index in [4.69, 9.17) is 0 Å². The van der Waals surface area contributed by atoms with Crippen LogP contribution in [0.3, 0.4) is 0 Å². The first-order valence-electron chi connectivity index (χ1n) is 10.7. The van der Waals surface area contributed by atoms with Crippen LogP contribution < -0.4 is 9.80 Å². The zero-order valence-corrected chi connectivity index (χ0v) is 18.2. The quantitative estimate of drug-likeness (QED) is 0.223. The average Bonchev–Trinajstić information content (AvgIpc) is 2.83. The van der Waals surface area contributed by atoms with Gasteiger partial charge in [-0.2, -0.15) is 0 Å². The number of hydrogen-bond acceptors (Lipinski definition) is 2. The van der Waals surface area contributed by atoms with Crippen LogP contribution in [0.5, 0.6) is 0 Å². The lowest BCUT2D eigenvalue weighted by Gasteiger charge is -2.31. The molecule has 31 heavy (non-hydrogen) atoms. The molecule has 0 atom stereocenters. The lowest BCUT2D eigenvalue weighted by Crippen LogP contribution is -2.17. The fraction of sp³-hybridized carbons (Fsp3) is 0.103. The molecule has 0 amide bonds. The van der Waals surface area contributed by atoms with Gasteiger partial charge in [0.05, 0.1) is 11.4 Å². The van der Waals surface area contributed by atoms with E-state index in [-0.39, 0.29) is 0 Å². The molecule has 0 saturated heterocycles. The predicted molar refractivity (Wildman–Crippen MR) is 135 cm³/mol. The van der Waals surface area contributed by atoms with Crippen LogP contribution in [0.1, 0.15) is 5.56 Å². The van der Waals surface area contributed by atoms with E-state index in [1.807, 2.05) is 0 Å². The van der Waals surface area contributed by atoms with Gasteiger partial charge in [-0.05, 0) is 48.0 Å². The van der Waals surface area contributed by atoms with Crippen molar-refractivity contribution in [3.63, 3.8) is 0 Å². The summed E-state index contributed by atoms with van der Waals surface area (Å²) in [4.78, 5) is 4.64. The molecule has 5 aromatic rings. The molecule has 0 aromatic heterocycles. The summed E-state index contributed by atoms with van der Waals surface area (Å²) in [6, 6.07) is 36.7. The summed E-state index contributed by atoms with van der Waals surface area (Å²) in [5.41, 5.74) is 6.03. The number of benzene rings is 5. The van der Waals surface area contributed by atoms with E-state index in [0.717, 1.165) is 0 Å². The van der Waals surface area contributed by atoms with Crippen molar-refractivity contribution >= 4 is 44.3 Å². The third-order valence-electron chi connectivity index (χ3n) is 6.08. The van der Waals surface area contributed by atoms with Crippen molar-refractivity contribution in [1.82, 2.24) is 0 Å². The number of rotatable bonds is 4. The smallest absolute Gasteiger partial charge is 0.0735 e. The average molecular weight is 403 g/mol. The van der Waals surface area contributed by atoms with Crippen LogP contribution >= 0.6 is 0 Å². The maximum atomic E-state index is 2.32. The van der Waals surface area contributed by atoms with Gasteiger partial charge >= 0.3 is 0 Å². The maximum absolute atomic E-state index is 2.32. The summed E-state index contributed by atoms with van der Waals surface area (Å²) in [6.07, 6.45) is 0. The molecule has 5 rings (SSSR count). The van der Waals surface area contributed by atoms with E-state index in [1.165, 1.54) is 49.9 Å². The Hall–Kier alpha value is -3.78. The van der Waals surface area contributed by atoms with Gasteiger partial charge in [0.15, 0.2) is 0 Å². The van der Waals surface area contributed by atoms with Crippen LogP contribution in [-0.4, -0.2) is 14.1 Å². The fourth-order valence-corrected chi connectivity index (χ4v) is 4.51. The van der Waals surface area contributed by atoms with Crippen LogP contribution in [0.4, 0.5) is 22.7 Å². The minimum atomic E-state index is 1.17. The van der Waals surface area contributed by atoms with Gasteiger partial charge in [-0.1, -0.05) is 78.4 Å². The molecule has 2 nitrogen and oxygen atoms in total. The first-order chi connectivity index (χ1) is 15.1. The third kappa shape index (κ3) is 3.30. The second kappa shape index (κ2) is 7.81. The second-order valence-corrected chi connectivity index (χ2v) is 8.08. The number of anilines is 4. The van der Waals surface area contributed by atoms with Crippen LogP contribution in [0.15, 0.2) is 103 Å². The number of para-hydroxylation sites is 2.